The van der Waals surface area contributed by atoms with E-state index in [1.807, 2.05) is 13.0 Å². The first kappa shape index (κ1) is 16.5. The Labute approximate surface area is 123 Å². The van der Waals surface area contributed by atoms with Crippen molar-refractivity contribution in [1.29, 1.82) is 0 Å². The van der Waals surface area contributed by atoms with Crippen molar-refractivity contribution in [2.75, 3.05) is 25.0 Å². The first-order valence-corrected chi connectivity index (χ1v) is 6.47. The van der Waals surface area contributed by atoms with Crippen LogP contribution in [0, 0.1) is 0 Å². The fourth-order valence-electron chi connectivity index (χ4n) is 1.65. The number of unbranched alkanes of at least 4 members (excludes halogenated alkanes) is 1. The molecule has 0 radical (unpaired) electrons. The summed E-state index contributed by atoms with van der Waals surface area (Å²) in [4.78, 5) is 15.5. The van der Waals surface area contributed by atoms with Crippen LogP contribution in [-0.2, 0) is 4.74 Å². The van der Waals surface area contributed by atoms with Gasteiger partial charge in [0.25, 0.3) is 11.8 Å². The van der Waals surface area contributed by atoms with Crippen LogP contribution in [-0.4, -0.2) is 35.9 Å². The van der Waals surface area contributed by atoms with Crippen LogP contribution in [0.25, 0.3) is 5.57 Å². The quantitative estimate of drug-likeness (QED) is 0.811. The number of carbonyl (C=O) groups is 1. The normalized spacial score (nSPS) is 14.2. The predicted molar refractivity (Wildman–Crippen MR) is 76.9 cm³/mol. The molecular weight excluding hydrogens is 284 g/mol. The highest BCUT2D eigenvalue weighted by molar-refractivity contribution is 5.85. The van der Waals surface area contributed by atoms with Gasteiger partial charge in [-0.2, -0.15) is 4.98 Å². The molecule has 112 valence electrons. The lowest BCUT2D eigenvalue weighted by Gasteiger charge is -2.09. The third kappa shape index (κ3) is 4.82. The summed E-state index contributed by atoms with van der Waals surface area (Å²) < 4.78 is 10.0. The van der Waals surface area contributed by atoms with Crippen LogP contribution in [0.15, 0.2) is 10.6 Å². The Hall–Kier alpha value is -1.60. The van der Waals surface area contributed by atoms with Gasteiger partial charge in [-0.25, -0.2) is 4.79 Å². The number of anilines is 1. The highest BCUT2D eigenvalue weighted by Gasteiger charge is 2.15. The van der Waals surface area contributed by atoms with Crippen LogP contribution < -0.4 is 10.6 Å². The molecule has 0 fully saturated rings. The fraction of sp³-hybridized carbons (Fsp3) is 0.583. The fourth-order valence-corrected chi connectivity index (χ4v) is 1.65. The minimum atomic E-state index is -0.559. The van der Waals surface area contributed by atoms with E-state index in [-0.39, 0.29) is 18.4 Å². The Morgan fingerprint density at radius 2 is 2.45 bits per heavy atom. The molecule has 1 aromatic heterocycles. The Morgan fingerprint density at radius 1 is 1.60 bits per heavy atom. The molecule has 2 heterocycles. The minimum Gasteiger partial charge on any atom is -0.449 e. The van der Waals surface area contributed by atoms with Gasteiger partial charge in [0.2, 0.25) is 0 Å². The minimum absolute atomic E-state index is 0. The van der Waals surface area contributed by atoms with Gasteiger partial charge >= 0.3 is 6.09 Å². The van der Waals surface area contributed by atoms with Crippen LogP contribution >= 0.6 is 12.4 Å². The van der Waals surface area contributed by atoms with Crippen molar-refractivity contribution in [3.8, 4) is 0 Å². The summed E-state index contributed by atoms with van der Waals surface area (Å²) in [6, 6.07) is 0. The van der Waals surface area contributed by atoms with Gasteiger partial charge < -0.3 is 14.6 Å². The second kappa shape index (κ2) is 8.55. The lowest BCUT2D eigenvalue weighted by molar-refractivity contribution is 0.159. The lowest BCUT2D eigenvalue weighted by atomic mass is 10.1. The van der Waals surface area contributed by atoms with E-state index in [1.165, 1.54) is 0 Å². The third-order valence-electron chi connectivity index (χ3n) is 2.67. The molecule has 2 rings (SSSR count). The first-order valence-electron chi connectivity index (χ1n) is 6.47. The van der Waals surface area contributed by atoms with E-state index in [4.69, 9.17) is 9.26 Å². The molecule has 7 nitrogen and oxygen atoms in total. The topological polar surface area (TPSA) is 89.3 Å². The maximum atomic E-state index is 11.4. The summed E-state index contributed by atoms with van der Waals surface area (Å²) in [7, 11) is 0. The smallest absolute Gasteiger partial charge is 0.414 e. The monoisotopic (exact) mass is 302 g/mol. The zero-order chi connectivity index (χ0) is 13.5. The number of amides is 1. The molecule has 0 atom stereocenters. The number of nitrogens with one attached hydrogen (secondary N) is 2. The third-order valence-corrected chi connectivity index (χ3v) is 2.67. The van der Waals surface area contributed by atoms with Crippen LogP contribution in [0.4, 0.5) is 10.7 Å². The van der Waals surface area contributed by atoms with E-state index in [0.717, 1.165) is 31.4 Å². The van der Waals surface area contributed by atoms with Crippen LogP contribution in [0.5, 0.6) is 0 Å². The summed E-state index contributed by atoms with van der Waals surface area (Å²) in [6.07, 6.45) is 4.23. The van der Waals surface area contributed by atoms with E-state index in [2.05, 4.69) is 20.8 Å². The van der Waals surface area contributed by atoms with E-state index in [0.29, 0.717) is 19.0 Å². The zero-order valence-electron chi connectivity index (χ0n) is 11.3. The largest absolute Gasteiger partial charge is 0.449 e. The maximum absolute atomic E-state index is 11.4. The summed E-state index contributed by atoms with van der Waals surface area (Å²) in [5.41, 5.74) is 0.950. The summed E-state index contributed by atoms with van der Waals surface area (Å²) in [5, 5.41) is 9.34. The molecule has 0 bridgehead atoms. The van der Waals surface area contributed by atoms with Gasteiger partial charge in [-0.05, 0) is 24.5 Å². The van der Waals surface area contributed by atoms with E-state index < -0.39 is 6.09 Å². The molecule has 20 heavy (non-hydrogen) atoms. The Morgan fingerprint density at radius 3 is 3.15 bits per heavy atom. The number of nitrogens with zero attached hydrogens (tertiary/aromatic N) is 2. The lowest BCUT2D eigenvalue weighted by Crippen LogP contribution is -2.21. The van der Waals surface area contributed by atoms with Crippen molar-refractivity contribution in [2.45, 2.75) is 26.2 Å². The number of rotatable bonds is 5. The Balaban J connectivity index is 0.00000200. The summed E-state index contributed by atoms with van der Waals surface area (Å²) >= 11 is 0. The SMILES string of the molecule is CCCCOC(=O)Nc1noc(C2=CCCNC2)n1.Cl. The highest BCUT2D eigenvalue weighted by Crippen LogP contribution is 2.16. The first-order chi connectivity index (χ1) is 9.29. The van der Waals surface area contributed by atoms with Crippen LogP contribution in [0.3, 0.4) is 0 Å². The average molecular weight is 303 g/mol. The predicted octanol–water partition coefficient (Wildman–Crippen LogP) is 2.22. The van der Waals surface area contributed by atoms with E-state index in [9.17, 15) is 4.79 Å². The summed E-state index contributed by atoms with van der Waals surface area (Å²) in [6.45, 7) is 4.07. The number of aromatic nitrogens is 2. The number of halogens is 1. The molecule has 8 heteroatoms. The molecule has 0 spiro atoms. The Kier molecular flexibility index (Phi) is 7.03. The number of hydrogen-bond donors (Lipinski definition) is 2. The van der Waals surface area contributed by atoms with E-state index in [1.54, 1.807) is 0 Å². The van der Waals surface area contributed by atoms with Crippen molar-refractivity contribution in [3.05, 3.63) is 12.0 Å². The van der Waals surface area contributed by atoms with Crippen LogP contribution in [0.1, 0.15) is 32.1 Å². The van der Waals surface area contributed by atoms with Crippen molar-refractivity contribution >= 4 is 30.0 Å². The van der Waals surface area contributed by atoms with Crippen molar-refractivity contribution < 1.29 is 14.1 Å². The van der Waals surface area contributed by atoms with Gasteiger partial charge in [-0.3, -0.25) is 5.32 Å². The maximum Gasteiger partial charge on any atom is 0.414 e. The molecule has 0 saturated carbocycles. The Bertz CT molecular complexity index is 461. The molecule has 0 saturated heterocycles. The second-order valence-electron chi connectivity index (χ2n) is 4.23. The van der Waals surface area contributed by atoms with Crippen molar-refractivity contribution in [1.82, 2.24) is 15.5 Å². The molecular formula is C12H19ClN4O3. The van der Waals surface area contributed by atoms with E-state index >= 15 is 0 Å². The number of ether oxygens (including phenoxy) is 1. The van der Waals surface area contributed by atoms with Crippen molar-refractivity contribution in [3.63, 3.8) is 0 Å². The number of carbonyl (C=O) groups excluding carboxylic acids is 1. The van der Waals surface area contributed by atoms with Crippen molar-refractivity contribution in [2.24, 2.45) is 0 Å². The van der Waals surface area contributed by atoms with Gasteiger partial charge in [0.15, 0.2) is 0 Å². The van der Waals surface area contributed by atoms with Crippen LogP contribution in [0.2, 0.25) is 0 Å². The molecule has 2 N–H and O–H groups in total. The van der Waals surface area contributed by atoms with Gasteiger partial charge in [0.1, 0.15) is 0 Å². The zero-order valence-corrected chi connectivity index (χ0v) is 12.2. The molecule has 0 aromatic carbocycles. The second-order valence-corrected chi connectivity index (χ2v) is 4.23. The average Bonchev–Trinajstić information content (AvgIpc) is 2.88. The summed E-state index contributed by atoms with van der Waals surface area (Å²) in [5.74, 6) is 0.555. The molecule has 0 aliphatic carbocycles. The van der Waals surface area contributed by atoms with Gasteiger partial charge in [-0.15, -0.1) is 12.4 Å². The number of hydrogen-bond acceptors (Lipinski definition) is 6. The molecule has 1 aliphatic rings. The molecule has 0 unspecified atom stereocenters. The van der Waals surface area contributed by atoms with Gasteiger partial charge in [-0.1, -0.05) is 19.4 Å². The van der Waals surface area contributed by atoms with Gasteiger partial charge in [0.05, 0.1) is 6.61 Å². The molecule has 1 aromatic rings. The standard InChI is InChI=1S/C12H18N4O3.ClH/c1-2-3-7-18-12(17)15-11-14-10(19-16-11)9-5-4-6-13-8-9;/h5,13H,2-4,6-8H2,1H3,(H,15,16,17);1H. The molecule has 1 amide bonds. The highest BCUT2D eigenvalue weighted by atomic mass is 35.5. The molecule has 1 aliphatic heterocycles. The van der Waals surface area contributed by atoms with Gasteiger partial charge in [0, 0.05) is 12.1 Å².